The number of amides is 1. The van der Waals surface area contributed by atoms with Crippen LogP contribution in [0.1, 0.15) is 32.1 Å². The molecule has 25 heavy (non-hydrogen) atoms. The van der Waals surface area contributed by atoms with Crippen molar-refractivity contribution < 1.29 is 17.6 Å². The summed E-state index contributed by atoms with van der Waals surface area (Å²) in [6.07, 6.45) is 8.03. The summed E-state index contributed by atoms with van der Waals surface area (Å²) < 4.78 is 40.8. The summed E-state index contributed by atoms with van der Waals surface area (Å²) in [5.41, 5.74) is 5.08. The number of anilines is 1. The molecule has 0 radical (unpaired) electrons. The van der Waals surface area contributed by atoms with Gasteiger partial charge in [0, 0.05) is 12.5 Å². The maximum atomic E-state index is 13.6. The number of benzene rings is 1. The van der Waals surface area contributed by atoms with Crippen molar-refractivity contribution in [3.8, 4) is 0 Å². The van der Waals surface area contributed by atoms with E-state index in [0.717, 1.165) is 31.7 Å². The van der Waals surface area contributed by atoms with Crippen LogP contribution in [-0.2, 0) is 14.8 Å². The van der Waals surface area contributed by atoms with Gasteiger partial charge in [0.1, 0.15) is 16.3 Å². The summed E-state index contributed by atoms with van der Waals surface area (Å²) in [4.78, 5) is 12.1. The van der Waals surface area contributed by atoms with E-state index in [1.54, 1.807) is 0 Å². The molecule has 0 bridgehead atoms. The van der Waals surface area contributed by atoms with Gasteiger partial charge < -0.3 is 11.1 Å². The normalized spacial score (nSPS) is 30.5. The SMILES string of the molecule is N[C@]12C[C@@H]1/C=C\CCCCCNc1ccc(F)cc1S(=O)(=O)NC2=O. The lowest BCUT2D eigenvalue weighted by Crippen LogP contribution is -2.46. The Morgan fingerprint density at radius 2 is 2.04 bits per heavy atom. The molecule has 1 saturated carbocycles. The fraction of sp³-hybridized carbons (Fsp3) is 0.471. The molecule has 4 N–H and O–H groups in total. The summed E-state index contributed by atoms with van der Waals surface area (Å²) in [5, 5.41) is 3.02. The number of rotatable bonds is 0. The molecule has 2 aliphatic rings. The molecule has 1 aromatic carbocycles. The Kier molecular flexibility index (Phi) is 4.83. The number of carbonyl (C=O) groups excluding carboxylic acids is 1. The third-order valence-corrected chi connectivity index (χ3v) is 6.04. The van der Waals surface area contributed by atoms with E-state index in [2.05, 4.69) is 5.32 Å². The number of carbonyl (C=O) groups is 1. The van der Waals surface area contributed by atoms with E-state index in [0.29, 0.717) is 13.0 Å². The standard InChI is InChI=1S/C17H22FN3O3S/c18-13-7-8-14-15(10-13)25(23,24)21-16(22)17(19)11-12(17)6-4-2-1-3-5-9-20-14/h4,6-8,10,12,20H,1-3,5,9,11,19H2,(H,21,22)/b6-4-/t12-,17+/m0/s1. The van der Waals surface area contributed by atoms with E-state index in [-0.39, 0.29) is 16.5 Å². The Labute approximate surface area is 146 Å². The van der Waals surface area contributed by atoms with Gasteiger partial charge >= 0.3 is 0 Å². The summed E-state index contributed by atoms with van der Waals surface area (Å²) in [6.45, 7) is 0.565. The predicted molar refractivity (Wildman–Crippen MR) is 92.9 cm³/mol. The van der Waals surface area contributed by atoms with Crippen LogP contribution >= 0.6 is 0 Å². The molecule has 1 aromatic rings. The zero-order chi connectivity index (χ0) is 18.1. The average Bonchev–Trinajstić information content (AvgIpc) is 3.22. The van der Waals surface area contributed by atoms with Gasteiger partial charge in [0.25, 0.3) is 15.9 Å². The molecule has 8 heteroatoms. The lowest BCUT2D eigenvalue weighted by molar-refractivity contribution is -0.121. The van der Waals surface area contributed by atoms with E-state index >= 15 is 0 Å². The average molecular weight is 367 g/mol. The zero-order valence-corrected chi connectivity index (χ0v) is 14.6. The summed E-state index contributed by atoms with van der Waals surface area (Å²) in [5.74, 6) is -1.61. The predicted octanol–water partition coefficient (Wildman–Crippen LogP) is 1.89. The fourth-order valence-electron chi connectivity index (χ4n) is 2.99. The molecule has 1 amide bonds. The van der Waals surface area contributed by atoms with Crippen LogP contribution in [0.2, 0.25) is 0 Å². The van der Waals surface area contributed by atoms with Crippen molar-refractivity contribution in [1.29, 1.82) is 0 Å². The second-order valence-electron chi connectivity index (χ2n) is 6.63. The van der Waals surface area contributed by atoms with Gasteiger partial charge in [0.2, 0.25) is 0 Å². The van der Waals surface area contributed by atoms with Crippen LogP contribution in [0.15, 0.2) is 35.2 Å². The van der Waals surface area contributed by atoms with Crippen LogP contribution in [0, 0.1) is 11.7 Å². The van der Waals surface area contributed by atoms with E-state index in [1.165, 1.54) is 12.1 Å². The van der Waals surface area contributed by atoms with Crippen LogP contribution in [-0.4, -0.2) is 26.4 Å². The number of hydrogen-bond donors (Lipinski definition) is 3. The summed E-state index contributed by atoms with van der Waals surface area (Å²) >= 11 is 0. The molecule has 1 heterocycles. The highest BCUT2D eigenvalue weighted by Gasteiger charge is 2.56. The Bertz CT molecular complexity index is 809. The first kappa shape index (κ1) is 17.9. The number of nitrogens with one attached hydrogen (secondary N) is 2. The molecular formula is C17H22FN3O3S. The molecular weight excluding hydrogens is 345 g/mol. The van der Waals surface area contributed by atoms with Crippen molar-refractivity contribution in [2.45, 2.75) is 42.5 Å². The van der Waals surface area contributed by atoms with Crippen molar-refractivity contribution in [3.63, 3.8) is 0 Å². The molecule has 0 unspecified atom stereocenters. The minimum Gasteiger partial charge on any atom is -0.384 e. The minimum absolute atomic E-state index is 0.169. The second-order valence-corrected chi connectivity index (χ2v) is 8.28. The first-order valence-corrected chi connectivity index (χ1v) is 9.87. The highest BCUT2D eigenvalue weighted by molar-refractivity contribution is 7.90. The van der Waals surface area contributed by atoms with E-state index in [4.69, 9.17) is 5.73 Å². The summed E-state index contributed by atoms with van der Waals surface area (Å²) in [6, 6.07) is 3.46. The highest BCUT2D eigenvalue weighted by atomic mass is 32.2. The van der Waals surface area contributed by atoms with Gasteiger partial charge in [0.05, 0.1) is 5.69 Å². The first-order valence-electron chi connectivity index (χ1n) is 8.39. The largest absolute Gasteiger partial charge is 0.384 e. The van der Waals surface area contributed by atoms with Crippen molar-refractivity contribution in [2.75, 3.05) is 11.9 Å². The Morgan fingerprint density at radius 3 is 2.84 bits per heavy atom. The van der Waals surface area contributed by atoms with Gasteiger partial charge in [0.15, 0.2) is 0 Å². The topological polar surface area (TPSA) is 101 Å². The van der Waals surface area contributed by atoms with Crippen molar-refractivity contribution in [3.05, 3.63) is 36.2 Å². The highest BCUT2D eigenvalue weighted by Crippen LogP contribution is 2.42. The molecule has 1 fully saturated rings. The molecule has 0 aromatic heterocycles. The molecule has 1 aliphatic carbocycles. The van der Waals surface area contributed by atoms with Crippen LogP contribution < -0.4 is 15.8 Å². The van der Waals surface area contributed by atoms with Gasteiger partial charge in [-0.2, -0.15) is 0 Å². The van der Waals surface area contributed by atoms with Crippen LogP contribution in [0.3, 0.4) is 0 Å². The molecule has 2 atom stereocenters. The second kappa shape index (κ2) is 6.76. The van der Waals surface area contributed by atoms with Crippen LogP contribution in [0.25, 0.3) is 0 Å². The number of sulfonamides is 1. The number of allylic oxidation sites excluding steroid dienone is 1. The molecule has 136 valence electrons. The number of nitrogens with two attached hydrogens (primary N) is 1. The van der Waals surface area contributed by atoms with Gasteiger partial charge in [-0.25, -0.2) is 17.5 Å². The number of hydrogen-bond acceptors (Lipinski definition) is 5. The van der Waals surface area contributed by atoms with Crippen molar-refractivity contribution in [2.24, 2.45) is 11.7 Å². The van der Waals surface area contributed by atoms with Gasteiger partial charge in [-0.15, -0.1) is 0 Å². The van der Waals surface area contributed by atoms with E-state index < -0.39 is 27.3 Å². The van der Waals surface area contributed by atoms with Crippen molar-refractivity contribution >= 4 is 21.6 Å². The molecule has 0 spiro atoms. The van der Waals surface area contributed by atoms with E-state index in [9.17, 15) is 17.6 Å². The third kappa shape index (κ3) is 3.85. The number of fused-ring (bicyclic) bond motifs is 2. The van der Waals surface area contributed by atoms with Crippen LogP contribution in [0.5, 0.6) is 0 Å². The molecule has 0 saturated heterocycles. The summed E-state index contributed by atoms with van der Waals surface area (Å²) in [7, 11) is -4.22. The number of halogens is 1. The van der Waals surface area contributed by atoms with Gasteiger partial charge in [-0.05, 0) is 43.9 Å². The van der Waals surface area contributed by atoms with Crippen LogP contribution in [0.4, 0.5) is 10.1 Å². The van der Waals surface area contributed by atoms with Gasteiger partial charge in [-0.3, -0.25) is 4.79 Å². The maximum Gasteiger partial charge on any atom is 0.266 e. The molecule has 3 rings (SSSR count). The first-order chi connectivity index (χ1) is 11.8. The van der Waals surface area contributed by atoms with Gasteiger partial charge in [-0.1, -0.05) is 18.6 Å². The Balaban J connectivity index is 1.92. The fourth-order valence-corrected chi connectivity index (χ4v) is 4.23. The minimum atomic E-state index is -4.22. The quantitative estimate of drug-likeness (QED) is 0.608. The monoisotopic (exact) mass is 367 g/mol. The maximum absolute atomic E-state index is 13.6. The molecule has 6 nitrogen and oxygen atoms in total. The Hall–Kier alpha value is -1.93. The zero-order valence-electron chi connectivity index (χ0n) is 13.8. The molecule has 1 aliphatic heterocycles. The third-order valence-electron chi connectivity index (χ3n) is 4.67. The lowest BCUT2D eigenvalue weighted by Gasteiger charge is -2.15. The van der Waals surface area contributed by atoms with Crippen molar-refractivity contribution in [1.82, 2.24) is 4.72 Å². The Morgan fingerprint density at radius 1 is 1.24 bits per heavy atom. The van der Waals surface area contributed by atoms with E-state index in [1.807, 2.05) is 16.9 Å². The smallest absolute Gasteiger partial charge is 0.266 e. The lowest BCUT2D eigenvalue weighted by atomic mass is 10.1.